The van der Waals surface area contributed by atoms with Gasteiger partial charge in [-0.2, -0.15) is 0 Å². The van der Waals surface area contributed by atoms with E-state index in [1.807, 2.05) is 0 Å². The molecule has 2 N–H and O–H groups in total. The van der Waals surface area contributed by atoms with Crippen molar-refractivity contribution < 1.29 is 24.1 Å². The molecule has 1 aromatic carbocycles. The predicted molar refractivity (Wildman–Crippen MR) is 57.1 cm³/mol. The first kappa shape index (κ1) is 13.1. The minimum Gasteiger partial charge on any atom is -0.467 e. The van der Waals surface area contributed by atoms with Gasteiger partial charge in [-0.3, -0.25) is 0 Å². The van der Waals surface area contributed by atoms with Crippen molar-refractivity contribution in [3.63, 3.8) is 0 Å². The second-order valence-corrected chi connectivity index (χ2v) is 4.03. The lowest BCUT2D eigenvalue weighted by molar-refractivity contribution is -0.156. The molecule has 0 radical (unpaired) electrons. The summed E-state index contributed by atoms with van der Waals surface area (Å²) in [4.78, 5) is 11.0. The van der Waals surface area contributed by atoms with E-state index in [-0.39, 0.29) is 5.56 Å². The highest BCUT2D eigenvalue weighted by Crippen LogP contribution is 2.23. The minimum absolute atomic E-state index is 0.0878. The molecule has 2 unspecified atom stereocenters. The number of aliphatic hydroxyl groups excluding tert-OH is 2. The van der Waals surface area contributed by atoms with Gasteiger partial charge in [0.05, 0.1) is 7.11 Å². The maximum atomic E-state index is 13.0. The fourth-order valence-electron chi connectivity index (χ4n) is 1.18. The van der Waals surface area contributed by atoms with E-state index in [0.717, 1.165) is 13.2 Å². The van der Waals surface area contributed by atoms with Gasteiger partial charge in [-0.15, -0.1) is 0 Å². The van der Waals surface area contributed by atoms with Crippen LogP contribution in [-0.4, -0.2) is 29.4 Å². The molecule has 6 heteroatoms. The van der Waals surface area contributed by atoms with Gasteiger partial charge in [-0.25, -0.2) is 9.18 Å². The van der Waals surface area contributed by atoms with Crippen LogP contribution in [0.4, 0.5) is 4.39 Å². The van der Waals surface area contributed by atoms with E-state index < -0.39 is 24.0 Å². The third-order valence-corrected chi connectivity index (χ3v) is 2.43. The predicted octanol–water partition coefficient (Wildman–Crippen LogP) is 1.16. The van der Waals surface area contributed by atoms with Crippen LogP contribution in [0.25, 0.3) is 0 Å². The van der Waals surface area contributed by atoms with Gasteiger partial charge in [-0.1, -0.05) is 15.9 Å². The van der Waals surface area contributed by atoms with Crippen molar-refractivity contribution in [1.82, 2.24) is 0 Å². The summed E-state index contributed by atoms with van der Waals surface area (Å²) in [6.07, 6.45) is -3.27. The van der Waals surface area contributed by atoms with Gasteiger partial charge < -0.3 is 14.9 Å². The molecule has 0 spiro atoms. The highest BCUT2D eigenvalue weighted by Gasteiger charge is 2.26. The van der Waals surface area contributed by atoms with Crippen LogP contribution < -0.4 is 0 Å². The Kier molecular flexibility index (Phi) is 4.40. The van der Waals surface area contributed by atoms with Crippen molar-refractivity contribution in [1.29, 1.82) is 0 Å². The zero-order chi connectivity index (χ0) is 12.3. The van der Waals surface area contributed by atoms with Gasteiger partial charge in [-0.05, 0) is 23.8 Å². The van der Waals surface area contributed by atoms with E-state index in [4.69, 9.17) is 0 Å². The molecule has 0 aromatic heterocycles. The third kappa shape index (κ3) is 3.01. The number of carbonyl (C=O) groups excluding carboxylic acids is 1. The fourth-order valence-corrected chi connectivity index (χ4v) is 1.66. The number of aliphatic hydroxyl groups is 2. The van der Waals surface area contributed by atoms with Gasteiger partial charge in [0.15, 0.2) is 6.10 Å². The summed E-state index contributed by atoms with van der Waals surface area (Å²) < 4.78 is 17.7. The number of hydrogen-bond acceptors (Lipinski definition) is 4. The van der Waals surface area contributed by atoms with E-state index in [1.54, 1.807) is 0 Å². The topological polar surface area (TPSA) is 66.8 Å². The number of carbonyl (C=O) groups is 1. The Morgan fingerprint density at radius 1 is 1.44 bits per heavy atom. The van der Waals surface area contributed by atoms with E-state index in [2.05, 4.69) is 20.7 Å². The van der Waals surface area contributed by atoms with Crippen LogP contribution in [0.3, 0.4) is 0 Å². The number of hydrogen-bond donors (Lipinski definition) is 2. The molecule has 0 fully saturated rings. The first-order valence-electron chi connectivity index (χ1n) is 4.35. The first-order valence-corrected chi connectivity index (χ1v) is 5.15. The molecular weight excluding hydrogens is 283 g/mol. The lowest BCUT2D eigenvalue weighted by atomic mass is 10.0. The molecule has 16 heavy (non-hydrogen) atoms. The van der Waals surface area contributed by atoms with Crippen molar-refractivity contribution in [2.45, 2.75) is 12.2 Å². The van der Waals surface area contributed by atoms with E-state index in [1.165, 1.54) is 12.1 Å². The minimum atomic E-state index is -1.74. The SMILES string of the molecule is COC(=O)C(O)C(O)c1cc(F)cc(Br)c1. The van der Waals surface area contributed by atoms with E-state index >= 15 is 0 Å². The Hall–Kier alpha value is -0.980. The Morgan fingerprint density at radius 3 is 2.56 bits per heavy atom. The number of halogens is 2. The molecule has 4 nitrogen and oxygen atoms in total. The van der Waals surface area contributed by atoms with Gasteiger partial charge >= 0.3 is 5.97 Å². The molecule has 0 heterocycles. The monoisotopic (exact) mass is 292 g/mol. The van der Waals surface area contributed by atoms with Gasteiger partial charge in [0.1, 0.15) is 11.9 Å². The fraction of sp³-hybridized carbons (Fsp3) is 0.300. The molecule has 2 atom stereocenters. The third-order valence-electron chi connectivity index (χ3n) is 1.97. The molecule has 0 saturated heterocycles. The Balaban J connectivity index is 2.95. The maximum Gasteiger partial charge on any atom is 0.337 e. The Bertz CT molecular complexity index is 376. The van der Waals surface area contributed by atoms with Crippen LogP contribution in [0.2, 0.25) is 0 Å². The Labute approximate surface area is 99.8 Å². The van der Waals surface area contributed by atoms with Crippen molar-refractivity contribution >= 4 is 21.9 Å². The summed E-state index contributed by atoms with van der Waals surface area (Å²) in [5.41, 5.74) is 0.0878. The maximum absolute atomic E-state index is 13.0. The molecular formula is C10H10BrFO4. The number of methoxy groups -OCH3 is 1. The molecule has 0 aliphatic rings. The van der Waals surface area contributed by atoms with Crippen molar-refractivity contribution in [3.8, 4) is 0 Å². The van der Waals surface area contributed by atoms with Crippen LogP contribution in [0.1, 0.15) is 11.7 Å². The first-order chi connectivity index (χ1) is 7.45. The second-order valence-electron chi connectivity index (χ2n) is 3.12. The van der Waals surface area contributed by atoms with E-state index in [0.29, 0.717) is 4.47 Å². The summed E-state index contributed by atoms with van der Waals surface area (Å²) in [7, 11) is 1.08. The van der Waals surface area contributed by atoms with Crippen LogP contribution in [0.5, 0.6) is 0 Å². The number of benzene rings is 1. The Morgan fingerprint density at radius 2 is 2.06 bits per heavy atom. The highest BCUT2D eigenvalue weighted by atomic mass is 79.9. The summed E-state index contributed by atoms with van der Waals surface area (Å²) in [5, 5.41) is 19.0. The lowest BCUT2D eigenvalue weighted by Crippen LogP contribution is -2.29. The van der Waals surface area contributed by atoms with E-state index in [9.17, 15) is 19.4 Å². The average molecular weight is 293 g/mol. The van der Waals surface area contributed by atoms with Gasteiger partial charge in [0.25, 0.3) is 0 Å². The summed E-state index contributed by atoms with van der Waals surface area (Å²) in [5.74, 6) is -1.56. The zero-order valence-electron chi connectivity index (χ0n) is 8.35. The molecule has 1 aromatic rings. The largest absolute Gasteiger partial charge is 0.467 e. The number of rotatable bonds is 3. The summed E-state index contributed by atoms with van der Waals surface area (Å²) >= 11 is 3.04. The van der Waals surface area contributed by atoms with Gasteiger partial charge in [0.2, 0.25) is 0 Å². The average Bonchev–Trinajstić information content (AvgIpc) is 2.24. The van der Waals surface area contributed by atoms with Gasteiger partial charge in [0, 0.05) is 4.47 Å². The summed E-state index contributed by atoms with van der Waals surface area (Å²) in [6, 6.07) is 3.63. The quantitative estimate of drug-likeness (QED) is 0.821. The van der Waals surface area contributed by atoms with Crippen molar-refractivity contribution in [2.24, 2.45) is 0 Å². The number of ether oxygens (including phenoxy) is 1. The smallest absolute Gasteiger partial charge is 0.337 e. The van der Waals surface area contributed by atoms with Crippen LogP contribution >= 0.6 is 15.9 Å². The summed E-state index contributed by atoms with van der Waals surface area (Å²) in [6.45, 7) is 0. The normalized spacial score (nSPS) is 14.3. The van der Waals surface area contributed by atoms with Crippen LogP contribution in [0.15, 0.2) is 22.7 Å². The zero-order valence-corrected chi connectivity index (χ0v) is 9.94. The molecule has 1 rings (SSSR count). The van der Waals surface area contributed by atoms with Crippen LogP contribution in [0, 0.1) is 5.82 Å². The lowest BCUT2D eigenvalue weighted by Gasteiger charge is -2.16. The molecule has 0 bridgehead atoms. The molecule has 88 valence electrons. The highest BCUT2D eigenvalue weighted by molar-refractivity contribution is 9.10. The molecule has 0 aliphatic heterocycles. The van der Waals surface area contributed by atoms with Crippen LogP contribution in [-0.2, 0) is 9.53 Å². The molecule has 0 aliphatic carbocycles. The molecule has 0 saturated carbocycles. The molecule has 0 amide bonds. The van der Waals surface area contributed by atoms with Crippen molar-refractivity contribution in [2.75, 3.05) is 7.11 Å². The van der Waals surface area contributed by atoms with Crippen molar-refractivity contribution in [3.05, 3.63) is 34.1 Å². The standard InChI is InChI=1S/C10H10BrFO4/c1-16-10(15)9(14)8(13)5-2-6(11)4-7(12)3-5/h2-4,8-9,13-14H,1H3. The second kappa shape index (κ2) is 5.38. The number of esters is 1.